The number of carbonyl (C=O) groups excluding carboxylic acids is 3. The molecule has 3 aromatic rings. The predicted octanol–water partition coefficient (Wildman–Crippen LogP) is 5.58. The van der Waals surface area contributed by atoms with Crippen molar-refractivity contribution < 1.29 is 37.0 Å². The summed E-state index contributed by atoms with van der Waals surface area (Å²) in [5, 5.41) is 11.3. The summed E-state index contributed by atoms with van der Waals surface area (Å²) in [6.45, 7) is 4.91. The van der Waals surface area contributed by atoms with E-state index in [-0.39, 0.29) is 52.2 Å². The van der Waals surface area contributed by atoms with Crippen molar-refractivity contribution in [1.29, 1.82) is 0 Å². The number of alkyl halides is 3. The SMILES string of the molecule is CCOC(=O)c1sc(NC(=O)c2cc3n(n2)[C@@H](C(F)(F)F)C[C@H](c2cccs2)N3)c(C(=O)OCC)c1C. The van der Waals surface area contributed by atoms with E-state index in [9.17, 15) is 27.6 Å². The minimum Gasteiger partial charge on any atom is -0.462 e. The molecule has 4 rings (SSSR count). The Hall–Kier alpha value is -3.39. The van der Waals surface area contributed by atoms with Crippen LogP contribution in [0.2, 0.25) is 0 Å². The third kappa shape index (κ3) is 5.34. The number of anilines is 2. The second kappa shape index (κ2) is 10.5. The molecule has 0 saturated heterocycles. The minimum atomic E-state index is -4.59. The lowest BCUT2D eigenvalue weighted by Gasteiger charge is -2.32. The molecule has 0 saturated carbocycles. The van der Waals surface area contributed by atoms with E-state index < -0.39 is 36.1 Å². The Labute approximate surface area is 217 Å². The van der Waals surface area contributed by atoms with E-state index in [1.807, 2.05) is 0 Å². The summed E-state index contributed by atoms with van der Waals surface area (Å²) in [5.74, 6) is -2.24. The Morgan fingerprint density at radius 2 is 1.92 bits per heavy atom. The van der Waals surface area contributed by atoms with Crippen LogP contribution in [0.15, 0.2) is 23.6 Å². The van der Waals surface area contributed by atoms with Crippen LogP contribution < -0.4 is 10.6 Å². The summed E-state index contributed by atoms with van der Waals surface area (Å²) >= 11 is 2.14. The number of amides is 1. The highest BCUT2D eigenvalue weighted by Gasteiger charge is 2.47. The third-order valence-corrected chi connectivity index (χ3v) is 7.80. The number of ether oxygens (including phenoxy) is 2. The van der Waals surface area contributed by atoms with Crippen molar-refractivity contribution in [2.45, 2.75) is 45.5 Å². The number of thiophene rings is 2. The quantitative estimate of drug-likeness (QED) is 0.366. The first-order valence-electron chi connectivity index (χ1n) is 11.3. The maximum Gasteiger partial charge on any atom is 0.410 e. The van der Waals surface area contributed by atoms with E-state index in [1.165, 1.54) is 24.3 Å². The van der Waals surface area contributed by atoms with Crippen molar-refractivity contribution in [3.8, 4) is 0 Å². The van der Waals surface area contributed by atoms with Crippen LogP contribution in [0.1, 0.15) is 73.3 Å². The van der Waals surface area contributed by atoms with Gasteiger partial charge in [0.1, 0.15) is 15.7 Å². The number of carbonyl (C=O) groups is 3. The molecule has 9 nitrogen and oxygen atoms in total. The molecule has 1 aliphatic heterocycles. The van der Waals surface area contributed by atoms with Gasteiger partial charge in [0.15, 0.2) is 11.7 Å². The zero-order valence-corrected chi connectivity index (χ0v) is 21.6. The fraction of sp³-hybridized carbons (Fsp3) is 0.391. The molecule has 198 valence electrons. The highest BCUT2D eigenvalue weighted by molar-refractivity contribution is 7.18. The van der Waals surface area contributed by atoms with Gasteiger partial charge in [0.2, 0.25) is 0 Å². The molecular weight excluding hydrogens is 533 g/mol. The summed E-state index contributed by atoms with van der Waals surface area (Å²) < 4.78 is 52.6. The number of hydrogen-bond donors (Lipinski definition) is 2. The summed E-state index contributed by atoms with van der Waals surface area (Å²) in [5.41, 5.74) is -0.0580. The number of esters is 2. The number of rotatable bonds is 7. The lowest BCUT2D eigenvalue weighted by Crippen LogP contribution is -2.35. The molecule has 3 aromatic heterocycles. The first kappa shape index (κ1) is 26.7. The van der Waals surface area contributed by atoms with Crippen LogP contribution >= 0.6 is 22.7 Å². The molecule has 14 heteroatoms. The number of aromatic nitrogens is 2. The van der Waals surface area contributed by atoms with Crippen LogP contribution in [0.25, 0.3) is 0 Å². The topological polar surface area (TPSA) is 112 Å². The van der Waals surface area contributed by atoms with Crippen LogP contribution in [-0.2, 0) is 9.47 Å². The molecule has 0 spiro atoms. The smallest absolute Gasteiger partial charge is 0.410 e. The van der Waals surface area contributed by atoms with E-state index in [2.05, 4.69) is 15.7 Å². The molecule has 1 aliphatic rings. The standard InChI is InChI=1S/C23H23F3N4O5S2/c1-4-34-21(32)17-11(3)18(22(33)35-5-2)37-20(17)28-19(31)13-10-16-27-12(14-7-6-8-36-14)9-15(23(24,25)26)30(16)29-13/h6-8,10,12,15,27H,4-5,9H2,1-3H3,(H,28,31)/t12-,15-/m1/s1. The van der Waals surface area contributed by atoms with Gasteiger partial charge in [-0.3, -0.25) is 4.79 Å². The fourth-order valence-electron chi connectivity index (χ4n) is 3.97. The summed E-state index contributed by atoms with van der Waals surface area (Å²) in [4.78, 5) is 38.9. The number of hydrogen-bond acceptors (Lipinski definition) is 9. The van der Waals surface area contributed by atoms with Gasteiger partial charge in [-0.25, -0.2) is 14.3 Å². The Morgan fingerprint density at radius 3 is 2.54 bits per heavy atom. The van der Waals surface area contributed by atoms with Gasteiger partial charge in [-0.05, 0) is 37.8 Å². The van der Waals surface area contributed by atoms with Gasteiger partial charge in [-0.15, -0.1) is 22.7 Å². The summed E-state index contributed by atoms with van der Waals surface area (Å²) in [6.07, 6.45) is -4.89. The van der Waals surface area contributed by atoms with Crippen LogP contribution in [0.4, 0.5) is 24.0 Å². The maximum atomic E-state index is 13.9. The zero-order chi connectivity index (χ0) is 26.9. The predicted molar refractivity (Wildman–Crippen MR) is 132 cm³/mol. The monoisotopic (exact) mass is 556 g/mol. The molecule has 0 aromatic carbocycles. The van der Waals surface area contributed by atoms with Crippen molar-refractivity contribution in [1.82, 2.24) is 9.78 Å². The van der Waals surface area contributed by atoms with Crippen molar-refractivity contribution in [2.24, 2.45) is 0 Å². The molecule has 1 amide bonds. The first-order valence-corrected chi connectivity index (χ1v) is 13.0. The Morgan fingerprint density at radius 1 is 1.22 bits per heavy atom. The average Bonchev–Trinajstić information content (AvgIpc) is 3.57. The van der Waals surface area contributed by atoms with Gasteiger partial charge in [0.05, 0.1) is 24.8 Å². The Kier molecular flexibility index (Phi) is 7.59. The van der Waals surface area contributed by atoms with Crippen LogP contribution in [0.3, 0.4) is 0 Å². The van der Waals surface area contributed by atoms with Crippen LogP contribution in [0.5, 0.6) is 0 Å². The normalized spacial score (nSPS) is 17.0. The van der Waals surface area contributed by atoms with E-state index >= 15 is 0 Å². The van der Waals surface area contributed by atoms with Crippen molar-refractivity contribution in [2.75, 3.05) is 23.8 Å². The number of fused-ring (bicyclic) bond motifs is 1. The molecule has 4 heterocycles. The van der Waals surface area contributed by atoms with Crippen LogP contribution in [0, 0.1) is 6.92 Å². The molecule has 0 aliphatic carbocycles. The maximum absolute atomic E-state index is 13.9. The van der Waals surface area contributed by atoms with E-state index in [0.29, 0.717) is 0 Å². The highest BCUT2D eigenvalue weighted by Crippen LogP contribution is 2.44. The summed E-state index contributed by atoms with van der Waals surface area (Å²) in [7, 11) is 0. The van der Waals surface area contributed by atoms with E-state index in [0.717, 1.165) is 20.9 Å². The van der Waals surface area contributed by atoms with Crippen molar-refractivity contribution in [3.05, 3.63) is 50.2 Å². The van der Waals surface area contributed by atoms with E-state index in [4.69, 9.17) is 9.47 Å². The van der Waals surface area contributed by atoms with Gasteiger partial charge in [-0.2, -0.15) is 18.3 Å². The largest absolute Gasteiger partial charge is 0.462 e. The van der Waals surface area contributed by atoms with Gasteiger partial charge in [0.25, 0.3) is 5.91 Å². The van der Waals surface area contributed by atoms with E-state index in [1.54, 1.807) is 31.4 Å². The van der Waals surface area contributed by atoms with Crippen molar-refractivity contribution >= 4 is 51.3 Å². The second-order valence-electron chi connectivity index (χ2n) is 8.02. The van der Waals surface area contributed by atoms with Gasteiger partial charge < -0.3 is 20.1 Å². The third-order valence-electron chi connectivity index (χ3n) is 5.62. The molecular formula is C23H23F3N4O5S2. The lowest BCUT2D eigenvalue weighted by molar-refractivity contribution is -0.173. The van der Waals surface area contributed by atoms with Crippen molar-refractivity contribution in [3.63, 3.8) is 0 Å². The van der Waals surface area contributed by atoms with Gasteiger partial charge in [-0.1, -0.05) is 6.07 Å². The zero-order valence-electron chi connectivity index (χ0n) is 20.0. The molecule has 0 radical (unpaired) electrons. The van der Waals surface area contributed by atoms with Gasteiger partial charge >= 0.3 is 18.1 Å². The first-order chi connectivity index (χ1) is 17.5. The summed E-state index contributed by atoms with van der Waals surface area (Å²) in [6, 6.07) is 2.18. The van der Waals surface area contributed by atoms with Crippen LogP contribution in [-0.4, -0.2) is 47.0 Å². The molecule has 2 atom stereocenters. The highest BCUT2D eigenvalue weighted by atomic mass is 32.1. The second-order valence-corrected chi connectivity index (χ2v) is 10.0. The molecule has 37 heavy (non-hydrogen) atoms. The number of halogens is 3. The minimum absolute atomic E-state index is 0.00627. The Balaban J connectivity index is 1.67. The molecule has 0 bridgehead atoms. The fourth-order valence-corrected chi connectivity index (χ4v) is 5.84. The van der Waals surface area contributed by atoms with Gasteiger partial charge in [0, 0.05) is 17.4 Å². The molecule has 2 N–H and O–H groups in total. The average molecular weight is 557 g/mol. The number of nitrogens with one attached hydrogen (secondary N) is 2. The molecule has 0 fully saturated rings. The lowest BCUT2D eigenvalue weighted by atomic mass is 10.0. The number of nitrogens with zero attached hydrogens (tertiary/aromatic N) is 2. The molecule has 0 unspecified atom stereocenters. The Bertz CT molecular complexity index is 1320.